The van der Waals surface area contributed by atoms with E-state index in [-0.39, 0.29) is 5.82 Å². The Morgan fingerprint density at radius 3 is 2.03 bits per heavy atom. The number of fused-ring (bicyclic) bond motifs is 1. The van der Waals surface area contributed by atoms with Gasteiger partial charge in [-0.15, -0.1) is 0 Å². The average molecular weight is 409 g/mol. The molecule has 2 aliphatic rings. The molecular formula is C29H41F. The highest BCUT2D eigenvalue weighted by atomic mass is 19.1. The van der Waals surface area contributed by atoms with E-state index >= 15 is 4.39 Å². The summed E-state index contributed by atoms with van der Waals surface area (Å²) < 4.78 is 15.3. The zero-order chi connectivity index (χ0) is 20.9. The molecule has 2 saturated carbocycles. The fourth-order valence-corrected chi connectivity index (χ4v) is 6.28. The van der Waals surface area contributed by atoms with Crippen LogP contribution in [0.5, 0.6) is 0 Å². The smallest absolute Gasteiger partial charge is 0.134 e. The first-order valence-electron chi connectivity index (χ1n) is 12.9. The molecule has 0 aliphatic heterocycles. The molecule has 0 spiro atoms. The number of aryl methyl sites for hydroxylation is 1. The Bertz CT molecular complexity index is 806. The van der Waals surface area contributed by atoms with E-state index in [4.69, 9.17) is 0 Å². The van der Waals surface area contributed by atoms with Gasteiger partial charge in [-0.25, -0.2) is 4.39 Å². The minimum Gasteiger partial charge on any atom is -0.206 e. The van der Waals surface area contributed by atoms with Gasteiger partial charge in [-0.05, 0) is 72.3 Å². The topological polar surface area (TPSA) is 0 Å². The standard InChI is InChI=1S/C29H41F/c1-3-5-24-14-18-28-26(20-24)17-19-27(29(28)30)25-15-12-23(13-16-25)11-10-22-8-6-21(4-2)7-9-22/h14,17-23,25H,3-13,15-16H2,1-2H3. The minimum absolute atomic E-state index is 0.0479. The van der Waals surface area contributed by atoms with Crippen LogP contribution in [0.1, 0.15) is 108 Å². The maximum Gasteiger partial charge on any atom is 0.134 e. The Balaban J connectivity index is 1.31. The third-order valence-corrected chi connectivity index (χ3v) is 8.40. The summed E-state index contributed by atoms with van der Waals surface area (Å²) in [6.07, 6.45) is 17.2. The van der Waals surface area contributed by atoms with Crippen molar-refractivity contribution in [2.45, 2.75) is 103 Å². The normalized spacial score (nSPS) is 27.4. The summed E-state index contributed by atoms with van der Waals surface area (Å²) in [5.74, 6) is 3.34. The molecule has 0 N–H and O–H groups in total. The highest BCUT2D eigenvalue weighted by Gasteiger charge is 2.26. The summed E-state index contributed by atoms with van der Waals surface area (Å²) in [4.78, 5) is 0. The van der Waals surface area contributed by atoms with Crippen molar-refractivity contribution in [1.82, 2.24) is 0 Å². The Labute approximate surface area is 183 Å². The monoisotopic (exact) mass is 408 g/mol. The molecule has 2 aliphatic carbocycles. The summed E-state index contributed by atoms with van der Waals surface area (Å²) in [7, 11) is 0. The minimum atomic E-state index is 0.0479. The van der Waals surface area contributed by atoms with E-state index in [2.05, 4.69) is 38.1 Å². The van der Waals surface area contributed by atoms with Crippen LogP contribution in [0.3, 0.4) is 0 Å². The van der Waals surface area contributed by atoms with Gasteiger partial charge in [0.15, 0.2) is 0 Å². The predicted molar refractivity (Wildman–Crippen MR) is 128 cm³/mol. The first-order valence-corrected chi connectivity index (χ1v) is 12.9. The lowest BCUT2D eigenvalue weighted by Crippen LogP contribution is -2.18. The highest BCUT2D eigenvalue weighted by Crippen LogP contribution is 2.41. The molecule has 0 bridgehead atoms. The second-order valence-corrected chi connectivity index (χ2v) is 10.4. The van der Waals surface area contributed by atoms with Gasteiger partial charge in [0.05, 0.1) is 0 Å². The molecular weight excluding hydrogens is 367 g/mol. The third kappa shape index (κ3) is 5.09. The van der Waals surface area contributed by atoms with Gasteiger partial charge in [0, 0.05) is 5.39 Å². The predicted octanol–water partition coefficient (Wildman–Crippen LogP) is 9.20. The number of hydrogen-bond donors (Lipinski definition) is 0. The van der Waals surface area contributed by atoms with E-state index in [9.17, 15) is 0 Å². The van der Waals surface area contributed by atoms with Crippen LogP contribution in [0.15, 0.2) is 30.3 Å². The van der Waals surface area contributed by atoms with E-state index < -0.39 is 0 Å². The largest absolute Gasteiger partial charge is 0.206 e. The van der Waals surface area contributed by atoms with Gasteiger partial charge in [0.1, 0.15) is 5.82 Å². The van der Waals surface area contributed by atoms with Gasteiger partial charge in [0.2, 0.25) is 0 Å². The molecule has 2 aromatic carbocycles. The molecule has 4 rings (SSSR count). The van der Waals surface area contributed by atoms with E-state index in [0.717, 1.165) is 46.9 Å². The zero-order valence-electron chi connectivity index (χ0n) is 19.3. The first-order chi connectivity index (χ1) is 14.7. The van der Waals surface area contributed by atoms with Crippen LogP contribution in [-0.4, -0.2) is 0 Å². The van der Waals surface area contributed by atoms with E-state index in [0.29, 0.717) is 5.92 Å². The molecule has 0 heterocycles. The molecule has 164 valence electrons. The van der Waals surface area contributed by atoms with Crippen molar-refractivity contribution in [2.75, 3.05) is 0 Å². The molecule has 0 radical (unpaired) electrons. The van der Waals surface area contributed by atoms with Crippen molar-refractivity contribution >= 4 is 10.8 Å². The van der Waals surface area contributed by atoms with Crippen LogP contribution in [0.4, 0.5) is 4.39 Å². The number of halogens is 1. The van der Waals surface area contributed by atoms with Crippen molar-refractivity contribution in [3.8, 4) is 0 Å². The molecule has 1 heteroatoms. The Morgan fingerprint density at radius 2 is 1.40 bits per heavy atom. The Kier molecular flexibility index (Phi) is 7.50. The fraction of sp³-hybridized carbons (Fsp3) is 0.655. The summed E-state index contributed by atoms with van der Waals surface area (Å²) in [5, 5.41) is 1.88. The second-order valence-electron chi connectivity index (χ2n) is 10.4. The maximum absolute atomic E-state index is 15.3. The van der Waals surface area contributed by atoms with Gasteiger partial charge >= 0.3 is 0 Å². The lowest BCUT2D eigenvalue weighted by atomic mass is 9.74. The van der Waals surface area contributed by atoms with Gasteiger partial charge < -0.3 is 0 Å². The first kappa shape index (κ1) is 21.8. The van der Waals surface area contributed by atoms with Gasteiger partial charge in [-0.2, -0.15) is 0 Å². The molecule has 0 aromatic heterocycles. The van der Waals surface area contributed by atoms with Gasteiger partial charge in [-0.3, -0.25) is 0 Å². The number of benzene rings is 2. The van der Waals surface area contributed by atoms with Crippen molar-refractivity contribution in [2.24, 2.45) is 17.8 Å². The van der Waals surface area contributed by atoms with Crippen molar-refractivity contribution < 1.29 is 4.39 Å². The summed E-state index contributed by atoms with van der Waals surface area (Å²) in [5.41, 5.74) is 2.29. The van der Waals surface area contributed by atoms with Crippen LogP contribution >= 0.6 is 0 Å². The average Bonchev–Trinajstić information content (AvgIpc) is 2.79. The highest BCUT2D eigenvalue weighted by molar-refractivity contribution is 5.84. The molecule has 0 saturated heterocycles. The van der Waals surface area contributed by atoms with Crippen molar-refractivity contribution in [1.29, 1.82) is 0 Å². The lowest BCUT2D eigenvalue weighted by Gasteiger charge is -2.32. The Hall–Kier alpha value is -1.37. The zero-order valence-corrected chi connectivity index (χ0v) is 19.3. The summed E-state index contributed by atoms with van der Waals surface area (Å²) >= 11 is 0. The summed E-state index contributed by atoms with van der Waals surface area (Å²) in [6.45, 7) is 4.55. The van der Waals surface area contributed by atoms with Crippen LogP contribution in [0.2, 0.25) is 0 Å². The molecule has 0 atom stereocenters. The fourth-order valence-electron chi connectivity index (χ4n) is 6.28. The summed E-state index contributed by atoms with van der Waals surface area (Å²) in [6, 6.07) is 10.6. The molecule has 0 nitrogen and oxygen atoms in total. The second kappa shape index (κ2) is 10.3. The van der Waals surface area contributed by atoms with Crippen LogP contribution in [0.25, 0.3) is 10.8 Å². The quantitative estimate of drug-likeness (QED) is 0.428. The van der Waals surface area contributed by atoms with Gasteiger partial charge in [-0.1, -0.05) is 95.5 Å². The van der Waals surface area contributed by atoms with Gasteiger partial charge in [0.25, 0.3) is 0 Å². The van der Waals surface area contributed by atoms with Crippen LogP contribution < -0.4 is 0 Å². The van der Waals surface area contributed by atoms with Crippen LogP contribution in [0, 0.1) is 23.6 Å². The number of rotatable bonds is 7. The Morgan fingerprint density at radius 1 is 0.767 bits per heavy atom. The SMILES string of the molecule is CCCc1ccc2c(F)c(C3CCC(CCC4CCC(CC)CC4)CC3)ccc2c1. The molecule has 0 amide bonds. The van der Waals surface area contributed by atoms with Crippen molar-refractivity contribution in [3.05, 3.63) is 47.3 Å². The molecule has 2 fully saturated rings. The van der Waals surface area contributed by atoms with Crippen molar-refractivity contribution in [3.63, 3.8) is 0 Å². The van der Waals surface area contributed by atoms with E-state index in [1.165, 1.54) is 76.2 Å². The van der Waals surface area contributed by atoms with E-state index in [1.807, 2.05) is 6.07 Å². The molecule has 0 unspecified atom stereocenters. The maximum atomic E-state index is 15.3. The van der Waals surface area contributed by atoms with E-state index in [1.54, 1.807) is 0 Å². The molecule has 30 heavy (non-hydrogen) atoms. The third-order valence-electron chi connectivity index (χ3n) is 8.40. The molecule has 2 aromatic rings. The lowest BCUT2D eigenvalue weighted by molar-refractivity contribution is 0.227. The number of hydrogen-bond acceptors (Lipinski definition) is 0. The van der Waals surface area contributed by atoms with Crippen LogP contribution in [-0.2, 0) is 6.42 Å².